The largest absolute Gasteiger partial charge is 0.369 e. The molecule has 0 spiro atoms. The van der Waals surface area contributed by atoms with E-state index < -0.39 is 0 Å². The number of nitrogens with zero attached hydrogens (tertiary/aromatic N) is 2. The molecule has 0 radical (unpaired) electrons. The predicted molar refractivity (Wildman–Crippen MR) is 97.0 cm³/mol. The van der Waals surface area contributed by atoms with Crippen LogP contribution in [-0.2, 0) is 4.74 Å². The first-order valence-corrected chi connectivity index (χ1v) is 7.82. The SMILES string of the molecule is CN=C(NCCCF)N1CCOC(c2ccc(Cl)s2)C1.I. The van der Waals surface area contributed by atoms with Crippen molar-refractivity contribution in [2.75, 3.05) is 40.0 Å². The first kappa shape index (κ1) is 18.9. The van der Waals surface area contributed by atoms with Crippen LogP contribution >= 0.6 is 46.9 Å². The number of ether oxygens (including phenoxy) is 1. The van der Waals surface area contributed by atoms with Crippen LogP contribution in [0.3, 0.4) is 0 Å². The monoisotopic (exact) mass is 447 g/mol. The Morgan fingerprint density at radius 3 is 3.05 bits per heavy atom. The quantitative estimate of drug-likeness (QED) is 0.333. The Balaban J connectivity index is 0.00000220. The van der Waals surface area contributed by atoms with Gasteiger partial charge < -0.3 is 15.0 Å². The van der Waals surface area contributed by atoms with E-state index in [0.717, 1.165) is 28.3 Å². The lowest BCUT2D eigenvalue weighted by Crippen LogP contribution is -2.48. The molecule has 1 N–H and O–H groups in total. The maximum Gasteiger partial charge on any atom is 0.193 e. The van der Waals surface area contributed by atoms with E-state index in [-0.39, 0.29) is 36.8 Å². The molecular weight excluding hydrogens is 428 g/mol. The molecule has 0 bridgehead atoms. The minimum atomic E-state index is -0.316. The van der Waals surface area contributed by atoms with Gasteiger partial charge in [0.15, 0.2) is 5.96 Å². The van der Waals surface area contributed by atoms with Crippen molar-refractivity contribution in [3.63, 3.8) is 0 Å². The van der Waals surface area contributed by atoms with Crippen molar-refractivity contribution < 1.29 is 9.13 Å². The van der Waals surface area contributed by atoms with E-state index in [2.05, 4.69) is 15.2 Å². The molecule has 0 saturated carbocycles. The number of guanidine groups is 1. The second kappa shape index (κ2) is 9.81. The third-order valence-electron chi connectivity index (χ3n) is 3.08. The van der Waals surface area contributed by atoms with Crippen molar-refractivity contribution in [3.05, 3.63) is 21.3 Å². The van der Waals surface area contributed by atoms with Gasteiger partial charge in [0, 0.05) is 25.0 Å². The fourth-order valence-electron chi connectivity index (χ4n) is 2.11. The van der Waals surface area contributed by atoms with Crippen LogP contribution in [0.5, 0.6) is 0 Å². The zero-order valence-corrected chi connectivity index (χ0v) is 15.8. The molecule has 2 rings (SSSR count). The molecule has 1 unspecified atom stereocenters. The Morgan fingerprint density at radius 2 is 2.43 bits per heavy atom. The molecule has 1 aliphatic rings. The number of alkyl halides is 1. The number of thiophene rings is 1. The molecule has 0 aromatic carbocycles. The molecule has 1 atom stereocenters. The fourth-order valence-corrected chi connectivity index (χ4v) is 3.22. The van der Waals surface area contributed by atoms with E-state index in [9.17, 15) is 4.39 Å². The van der Waals surface area contributed by atoms with E-state index in [1.54, 1.807) is 18.4 Å². The van der Waals surface area contributed by atoms with E-state index in [4.69, 9.17) is 16.3 Å². The van der Waals surface area contributed by atoms with Gasteiger partial charge in [0.1, 0.15) is 6.10 Å². The Morgan fingerprint density at radius 1 is 1.62 bits per heavy atom. The summed E-state index contributed by atoms with van der Waals surface area (Å²) >= 11 is 7.51. The third-order valence-corrected chi connectivity index (χ3v) is 4.41. The second-order valence-electron chi connectivity index (χ2n) is 4.46. The van der Waals surface area contributed by atoms with Crippen molar-refractivity contribution in [2.24, 2.45) is 4.99 Å². The van der Waals surface area contributed by atoms with Gasteiger partial charge in [0.2, 0.25) is 0 Å². The topological polar surface area (TPSA) is 36.9 Å². The molecule has 2 heterocycles. The van der Waals surface area contributed by atoms with Crippen LogP contribution in [0.2, 0.25) is 4.34 Å². The molecule has 0 amide bonds. The van der Waals surface area contributed by atoms with Crippen molar-refractivity contribution in [1.82, 2.24) is 10.2 Å². The highest BCUT2D eigenvalue weighted by Gasteiger charge is 2.25. The summed E-state index contributed by atoms with van der Waals surface area (Å²) in [5.41, 5.74) is 0. The van der Waals surface area contributed by atoms with Gasteiger partial charge in [0.25, 0.3) is 0 Å². The number of halogens is 3. The molecule has 120 valence electrons. The van der Waals surface area contributed by atoms with Crippen molar-refractivity contribution in [1.29, 1.82) is 0 Å². The molecule has 4 nitrogen and oxygen atoms in total. The summed E-state index contributed by atoms with van der Waals surface area (Å²) in [4.78, 5) is 7.51. The van der Waals surface area contributed by atoms with Crippen LogP contribution in [0.4, 0.5) is 4.39 Å². The molecule has 1 fully saturated rings. The average molecular weight is 448 g/mol. The van der Waals surface area contributed by atoms with E-state index >= 15 is 0 Å². The first-order chi connectivity index (χ1) is 9.74. The zero-order chi connectivity index (χ0) is 14.4. The van der Waals surface area contributed by atoms with Gasteiger partial charge in [-0.05, 0) is 18.6 Å². The summed E-state index contributed by atoms with van der Waals surface area (Å²) in [6.07, 6.45) is 0.508. The number of rotatable bonds is 4. The number of aliphatic imine (C=N–C) groups is 1. The summed E-state index contributed by atoms with van der Waals surface area (Å²) < 4.78 is 18.7. The summed E-state index contributed by atoms with van der Waals surface area (Å²) in [6.45, 7) is 2.43. The Kier molecular flexibility index (Phi) is 8.84. The zero-order valence-electron chi connectivity index (χ0n) is 11.8. The van der Waals surface area contributed by atoms with Crippen LogP contribution < -0.4 is 5.32 Å². The van der Waals surface area contributed by atoms with Crippen molar-refractivity contribution >= 4 is 52.9 Å². The molecule has 21 heavy (non-hydrogen) atoms. The van der Waals surface area contributed by atoms with Gasteiger partial charge in [-0.1, -0.05) is 11.6 Å². The van der Waals surface area contributed by atoms with Gasteiger partial charge in [-0.25, -0.2) is 0 Å². The highest BCUT2D eigenvalue weighted by molar-refractivity contribution is 14.0. The summed E-state index contributed by atoms with van der Waals surface area (Å²) in [5, 5.41) is 3.17. The lowest BCUT2D eigenvalue weighted by Gasteiger charge is -2.34. The van der Waals surface area contributed by atoms with Crippen LogP contribution in [0.25, 0.3) is 0 Å². The minimum Gasteiger partial charge on any atom is -0.369 e. The van der Waals surface area contributed by atoms with Gasteiger partial charge in [-0.3, -0.25) is 9.38 Å². The van der Waals surface area contributed by atoms with Crippen LogP contribution in [0.15, 0.2) is 17.1 Å². The highest BCUT2D eigenvalue weighted by atomic mass is 127. The smallest absolute Gasteiger partial charge is 0.193 e. The van der Waals surface area contributed by atoms with Crippen LogP contribution in [-0.4, -0.2) is 50.8 Å². The molecular formula is C13H20ClFIN3OS. The Labute approximate surface area is 150 Å². The van der Waals surface area contributed by atoms with Crippen LogP contribution in [0, 0.1) is 0 Å². The molecule has 8 heteroatoms. The summed E-state index contributed by atoms with van der Waals surface area (Å²) in [7, 11) is 1.74. The maximum atomic E-state index is 12.2. The molecule has 0 aliphatic carbocycles. The van der Waals surface area contributed by atoms with Gasteiger partial charge in [-0.2, -0.15) is 0 Å². The standard InChI is InChI=1S/C13H19ClFN3OS.HI/c1-16-13(17-6-2-5-15)18-7-8-19-10(9-18)11-3-4-12(14)20-11;/h3-4,10H,2,5-9H2,1H3,(H,16,17);1H. The number of morpholine rings is 1. The van der Waals surface area contributed by atoms with Gasteiger partial charge in [-0.15, -0.1) is 35.3 Å². The average Bonchev–Trinajstić information content (AvgIpc) is 2.90. The summed E-state index contributed by atoms with van der Waals surface area (Å²) in [6, 6.07) is 3.89. The van der Waals surface area contributed by atoms with Gasteiger partial charge >= 0.3 is 0 Å². The third kappa shape index (κ3) is 5.54. The van der Waals surface area contributed by atoms with Crippen LogP contribution in [0.1, 0.15) is 17.4 Å². The number of hydrogen-bond acceptors (Lipinski definition) is 3. The fraction of sp³-hybridized carbons (Fsp3) is 0.615. The molecule has 1 saturated heterocycles. The lowest BCUT2D eigenvalue weighted by atomic mass is 10.2. The Hall–Kier alpha value is -0.120. The minimum absolute atomic E-state index is 0. The predicted octanol–water partition coefficient (Wildman–Crippen LogP) is 3.33. The van der Waals surface area contributed by atoms with E-state index in [1.165, 1.54) is 0 Å². The maximum absolute atomic E-state index is 12.2. The molecule has 1 aromatic rings. The molecule has 1 aromatic heterocycles. The summed E-state index contributed by atoms with van der Waals surface area (Å²) in [5.74, 6) is 0.800. The molecule has 1 aliphatic heterocycles. The first-order valence-electron chi connectivity index (χ1n) is 6.63. The lowest BCUT2D eigenvalue weighted by molar-refractivity contribution is -0.00598. The van der Waals surface area contributed by atoms with Crippen molar-refractivity contribution in [3.8, 4) is 0 Å². The van der Waals surface area contributed by atoms with Crippen molar-refractivity contribution in [2.45, 2.75) is 12.5 Å². The Bertz CT molecular complexity index is 460. The number of nitrogens with one attached hydrogen (secondary N) is 1. The second-order valence-corrected chi connectivity index (χ2v) is 6.21. The van der Waals surface area contributed by atoms with E-state index in [1.807, 2.05) is 12.1 Å². The van der Waals surface area contributed by atoms with Gasteiger partial charge in [0.05, 0.1) is 24.2 Å². The normalized spacial score (nSPS) is 19.3. The number of hydrogen-bond donors (Lipinski definition) is 1. The highest BCUT2D eigenvalue weighted by Crippen LogP contribution is 2.31. The van der Waals surface area contributed by atoms with E-state index in [0.29, 0.717) is 19.6 Å².